The molecule has 4 rings (SSSR count). The number of aromatic nitrogens is 5. The van der Waals surface area contributed by atoms with Crippen LogP contribution in [0.1, 0.15) is 23.9 Å². The minimum absolute atomic E-state index is 0.204. The number of nitrogens with one attached hydrogen (secondary N) is 1. The highest BCUT2D eigenvalue weighted by molar-refractivity contribution is 6.29. The van der Waals surface area contributed by atoms with Crippen LogP contribution in [0.2, 0.25) is 5.15 Å². The monoisotopic (exact) mass is 394 g/mol. The number of nitrogens with zero attached hydrogens (tertiary/aromatic N) is 5. The number of halogens is 4. The molecule has 0 aliphatic heterocycles. The lowest BCUT2D eigenvalue weighted by molar-refractivity contribution is -0.142. The van der Waals surface area contributed by atoms with Gasteiger partial charge < -0.3 is 5.32 Å². The van der Waals surface area contributed by atoms with Gasteiger partial charge in [0, 0.05) is 17.8 Å². The van der Waals surface area contributed by atoms with Crippen LogP contribution in [-0.2, 0) is 19.1 Å². The summed E-state index contributed by atoms with van der Waals surface area (Å²) in [5.74, 6) is 0.581. The number of pyridine rings is 1. The largest absolute Gasteiger partial charge is 0.431 e. The Kier molecular flexibility index (Phi) is 4.18. The van der Waals surface area contributed by atoms with E-state index in [0.29, 0.717) is 22.3 Å². The van der Waals surface area contributed by atoms with Crippen molar-refractivity contribution in [3.63, 3.8) is 0 Å². The Morgan fingerprint density at radius 2 is 2.04 bits per heavy atom. The number of aryl methyl sites for hydroxylation is 1. The second-order valence-corrected chi connectivity index (χ2v) is 6.33. The van der Waals surface area contributed by atoms with Crippen molar-refractivity contribution in [2.75, 3.05) is 5.32 Å². The van der Waals surface area contributed by atoms with Crippen molar-refractivity contribution in [1.29, 1.82) is 0 Å². The zero-order valence-electron chi connectivity index (χ0n) is 14.1. The number of rotatable bonds is 4. The lowest BCUT2D eigenvalue weighted by Crippen LogP contribution is -2.10. The molecule has 0 saturated carbocycles. The Labute approximate surface area is 156 Å². The second kappa shape index (κ2) is 6.41. The Morgan fingerprint density at radius 1 is 1.22 bits per heavy atom. The SMILES string of the molecule is CCc1cnn2c(NCc3cn4c(C(F)(F)F)cccc4n3)cc(Cl)nc12. The zero-order valence-corrected chi connectivity index (χ0v) is 14.9. The Hall–Kier alpha value is -2.81. The average molecular weight is 395 g/mol. The molecule has 4 heterocycles. The van der Waals surface area contributed by atoms with Gasteiger partial charge in [-0.25, -0.2) is 9.97 Å². The molecule has 4 aromatic rings. The maximum Gasteiger partial charge on any atom is 0.431 e. The minimum atomic E-state index is -4.46. The number of fused-ring (bicyclic) bond motifs is 2. The van der Waals surface area contributed by atoms with Crippen LogP contribution in [0.3, 0.4) is 0 Å². The summed E-state index contributed by atoms with van der Waals surface area (Å²) in [4.78, 5) is 8.52. The Bertz CT molecular complexity index is 1130. The van der Waals surface area contributed by atoms with E-state index in [0.717, 1.165) is 22.5 Å². The van der Waals surface area contributed by atoms with E-state index in [1.54, 1.807) is 16.8 Å². The Balaban J connectivity index is 1.66. The molecular formula is C17H14ClF3N6. The smallest absolute Gasteiger partial charge is 0.364 e. The predicted octanol–water partition coefficient (Wildman–Crippen LogP) is 4.22. The number of imidazole rings is 1. The minimum Gasteiger partial charge on any atom is -0.364 e. The molecule has 10 heteroatoms. The van der Waals surface area contributed by atoms with Gasteiger partial charge in [-0.3, -0.25) is 4.40 Å². The van der Waals surface area contributed by atoms with Gasteiger partial charge in [-0.1, -0.05) is 24.6 Å². The number of hydrogen-bond acceptors (Lipinski definition) is 4. The van der Waals surface area contributed by atoms with Crippen LogP contribution in [0.15, 0.2) is 36.7 Å². The Morgan fingerprint density at radius 3 is 2.78 bits per heavy atom. The quantitative estimate of drug-likeness (QED) is 0.526. The molecule has 0 amide bonds. The molecule has 1 N–H and O–H groups in total. The van der Waals surface area contributed by atoms with Crippen LogP contribution in [0.25, 0.3) is 11.3 Å². The second-order valence-electron chi connectivity index (χ2n) is 5.95. The molecular weight excluding hydrogens is 381 g/mol. The summed E-state index contributed by atoms with van der Waals surface area (Å²) in [7, 11) is 0. The van der Waals surface area contributed by atoms with Crippen LogP contribution in [0.4, 0.5) is 19.0 Å². The van der Waals surface area contributed by atoms with Gasteiger partial charge in [-0.15, -0.1) is 0 Å². The maximum absolute atomic E-state index is 13.1. The first-order chi connectivity index (χ1) is 12.9. The van der Waals surface area contributed by atoms with E-state index in [4.69, 9.17) is 11.6 Å². The molecule has 4 aromatic heterocycles. The average Bonchev–Trinajstić information content (AvgIpc) is 3.21. The first kappa shape index (κ1) is 17.6. The molecule has 0 aliphatic carbocycles. The third kappa shape index (κ3) is 3.18. The summed E-state index contributed by atoms with van der Waals surface area (Å²) in [6.07, 6.45) is -0.625. The van der Waals surface area contributed by atoms with E-state index in [1.807, 2.05) is 6.92 Å². The van der Waals surface area contributed by atoms with Crippen LogP contribution in [-0.4, -0.2) is 24.0 Å². The maximum atomic E-state index is 13.1. The van der Waals surface area contributed by atoms with E-state index >= 15 is 0 Å². The van der Waals surface area contributed by atoms with Crippen molar-refractivity contribution >= 4 is 28.7 Å². The summed E-state index contributed by atoms with van der Waals surface area (Å²) in [6, 6.07) is 5.50. The summed E-state index contributed by atoms with van der Waals surface area (Å²) >= 11 is 6.09. The van der Waals surface area contributed by atoms with Gasteiger partial charge in [-0.2, -0.15) is 22.8 Å². The summed E-state index contributed by atoms with van der Waals surface area (Å²) in [5, 5.41) is 7.71. The molecule has 0 aromatic carbocycles. The standard InChI is InChI=1S/C17H14ClF3N6/c1-2-10-7-23-27-15(6-13(18)25-16(10)27)22-8-11-9-26-12(17(19,20)21)4-3-5-14(26)24-11/h3-7,9,22H,2,8H2,1H3. The van der Waals surface area contributed by atoms with Crippen molar-refractivity contribution in [2.24, 2.45) is 0 Å². The van der Waals surface area contributed by atoms with Crippen LogP contribution < -0.4 is 5.32 Å². The molecule has 0 aliphatic rings. The lowest BCUT2D eigenvalue weighted by atomic mass is 10.3. The molecule has 0 radical (unpaired) electrons. The van der Waals surface area contributed by atoms with Gasteiger partial charge in [0.25, 0.3) is 0 Å². The fourth-order valence-electron chi connectivity index (χ4n) is 2.91. The van der Waals surface area contributed by atoms with Crippen molar-refractivity contribution in [3.05, 3.63) is 58.8 Å². The molecule has 140 valence electrons. The predicted molar refractivity (Wildman–Crippen MR) is 94.9 cm³/mol. The van der Waals surface area contributed by atoms with E-state index in [9.17, 15) is 13.2 Å². The third-order valence-corrected chi connectivity index (χ3v) is 4.37. The topological polar surface area (TPSA) is 59.5 Å². The van der Waals surface area contributed by atoms with E-state index in [1.165, 1.54) is 18.3 Å². The summed E-state index contributed by atoms with van der Waals surface area (Å²) in [6.45, 7) is 2.19. The van der Waals surface area contributed by atoms with Gasteiger partial charge in [0.05, 0.1) is 18.4 Å². The molecule has 0 atom stereocenters. The highest BCUT2D eigenvalue weighted by Crippen LogP contribution is 2.29. The van der Waals surface area contributed by atoms with Crippen LogP contribution in [0, 0.1) is 0 Å². The lowest BCUT2D eigenvalue weighted by Gasteiger charge is -2.08. The number of anilines is 1. The first-order valence-electron chi connectivity index (χ1n) is 8.18. The molecule has 27 heavy (non-hydrogen) atoms. The first-order valence-corrected chi connectivity index (χ1v) is 8.56. The highest BCUT2D eigenvalue weighted by Gasteiger charge is 2.33. The fraction of sp³-hybridized carbons (Fsp3) is 0.235. The zero-order chi connectivity index (χ0) is 19.2. The van der Waals surface area contributed by atoms with Crippen molar-refractivity contribution in [3.8, 4) is 0 Å². The van der Waals surface area contributed by atoms with E-state index < -0.39 is 11.9 Å². The number of hydrogen-bond donors (Lipinski definition) is 1. The van der Waals surface area contributed by atoms with Crippen molar-refractivity contribution < 1.29 is 13.2 Å². The highest BCUT2D eigenvalue weighted by atomic mass is 35.5. The third-order valence-electron chi connectivity index (χ3n) is 4.18. The van der Waals surface area contributed by atoms with E-state index in [2.05, 4.69) is 20.4 Å². The van der Waals surface area contributed by atoms with Gasteiger partial charge >= 0.3 is 6.18 Å². The van der Waals surface area contributed by atoms with Crippen LogP contribution in [0.5, 0.6) is 0 Å². The van der Waals surface area contributed by atoms with Crippen molar-refractivity contribution in [1.82, 2.24) is 24.0 Å². The normalized spacial score (nSPS) is 12.2. The van der Waals surface area contributed by atoms with Gasteiger partial charge in [-0.05, 0) is 18.6 Å². The van der Waals surface area contributed by atoms with Gasteiger partial charge in [0.1, 0.15) is 22.3 Å². The fourth-order valence-corrected chi connectivity index (χ4v) is 3.10. The van der Waals surface area contributed by atoms with Gasteiger partial charge in [0.15, 0.2) is 5.65 Å². The van der Waals surface area contributed by atoms with Crippen molar-refractivity contribution in [2.45, 2.75) is 26.1 Å². The number of alkyl halides is 3. The van der Waals surface area contributed by atoms with Gasteiger partial charge in [0.2, 0.25) is 0 Å². The summed E-state index contributed by atoms with van der Waals surface area (Å²) < 4.78 is 42.1. The van der Waals surface area contributed by atoms with E-state index in [-0.39, 0.29) is 12.2 Å². The molecule has 0 saturated heterocycles. The molecule has 0 fully saturated rings. The molecule has 0 unspecified atom stereocenters. The van der Waals surface area contributed by atoms with Crippen LogP contribution >= 0.6 is 11.6 Å². The molecule has 0 bridgehead atoms. The molecule has 0 spiro atoms. The molecule has 6 nitrogen and oxygen atoms in total. The summed E-state index contributed by atoms with van der Waals surface area (Å²) in [5.41, 5.74) is 1.50.